The molecule has 0 aliphatic carbocycles. The Bertz CT molecular complexity index is 680. The van der Waals surface area contributed by atoms with Crippen LogP contribution in [0.2, 0.25) is 10.0 Å². The number of hydrogen-bond donors (Lipinski definition) is 1. The Hall–Kier alpha value is -1.82. The van der Waals surface area contributed by atoms with Gasteiger partial charge in [-0.1, -0.05) is 35.3 Å². The van der Waals surface area contributed by atoms with Crippen LogP contribution in [-0.4, -0.2) is 42.0 Å². The van der Waals surface area contributed by atoms with Gasteiger partial charge in [0, 0.05) is 12.7 Å². The molecule has 2 aromatic rings. The molecule has 0 spiro atoms. The third kappa shape index (κ3) is 5.37. The predicted octanol–water partition coefficient (Wildman–Crippen LogP) is 3.73. The van der Waals surface area contributed by atoms with Crippen molar-refractivity contribution in [3.63, 3.8) is 0 Å². The second-order valence-corrected chi connectivity index (χ2v) is 6.13. The number of carbonyl (C=O) groups is 1. The fourth-order valence-corrected chi connectivity index (χ4v) is 2.24. The molecule has 1 aromatic carbocycles. The van der Waals surface area contributed by atoms with Crippen molar-refractivity contribution in [1.82, 2.24) is 9.88 Å². The van der Waals surface area contributed by atoms with E-state index in [-0.39, 0.29) is 11.9 Å². The Labute approximate surface area is 151 Å². The van der Waals surface area contributed by atoms with E-state index in [0.717, 1.165) is 0 Å². The summed E-state index contributed by atoms with van der Waals surface area (Å²) in [5, 5.41) is 3.85. The number of ether oxygens (including phenoxy) is 1. The first-order valence-corrected chi connectivity index (χ1v) is 8.23. The molecule has 0 saturated carbocycles. The summed E-state index contributed by atoms with van der Waals surface area (Å²) < 4.78 is 5.64. The zero-order valence-electron chi connectivity index (χ0n) is 13.5. The average Bonchev–Trinajstić information content (AvgIpc) is 2.57. The van der Waals surface area contributed by atoms with E-state index in [9.17, 15) is 4.79 Å². The molecule has 1 aromatic heterocycles. The van der Waals surface area contributed by atoms with E-state index in [1.165, 1.54) is 6.20 Å². The van der Waals surface area contributed by atoms with E-state index < -0.39 is 0 Å². The first-order valence-electron chi connectivity index (χ1n) is 7.47. The largest absolute Gasteiger partial charge is 0.491 e. The Morgan fingerprint density at radius 1 is 1.29 bits per heavy atom. The van der Waals surface area contributed by atoms with Crippen LogP contribution in [0.15, 0.2) is 42.6 Å². The molecule has 1 atom stereocenters. The topological polar surface area (TPSA) is 54.5 Å². The highest BCUT2D eigenvalue weighted by Gasteiger charge is 2.18. The molecule has 24 heavy (non-hydrogen) atoms. The molecule has 2 rings (SSSR count). The summed E-state index contributed by atoms with van der Waals surface area (Å²) >= 11 is 11.8. The first-order chi connectivity index (χ1) is 11.5. The van der Waals surface area contributed by atoms with Crippen molar-refractivity contribution in [2.45, 2.75) is 13.0 Å². The monoisotopic (exact) mass is 367 g/mol. The average molecular weight is 368 g/mol. The molecule has 0 aliphatic heterocycles. The van der Waals surface area contributed by atoms with Crippen molar-refractivity contribution in [3.8, 4) is 5.75 Å². The molecular formula is C17H19Cl2N3O2. The Balaban J connectivity index is 1.80. The van der Waals surface area contributed by atoms with Gasteiger partial charge in [-0.15, -0.1) is 0 Å². The summed E-state index contributed by atoms with van der Waals surface area (Å²) in [6.07, 6.45) is 1.49. The Morgan fingerprint density at radius 2 is 2.04 bits per heavy atom. The zero-order chi connectivity index (χ0) is 17.5. The summed E-state index contributed by atoms with van der Waals surface area (Å²) in [6.45, 7) is 2.83. The molecule has 0 unspecified atom stereocenters. The van der Waals surface area contributed by atoms with Crippen LogP contribution in [0.1, 0.15) is 6.92 Å². The van der Waals surface area contributed by atoms with Crippen molar-refractivity contribution in [3.05, 3.63) is 52.6 Å². The maximum atomic E-state index is 12.2. The highest BCUT2D eigenvalue weighted by molar-refractivity contribution is 6.32. The van der Waals surface area contributed by atoms with Gasteiger partial charge in [0.25, 0.3) is 0 Å². The fraction of sp³-hybridized carbons (Fsp3) is 0.294. The smallest absolute Gasteiger partial charge is 0.242 e. The highest BCUT2D eigenvalue weighted by Crippen LogP contribution is 2.22. The van der Waals surface area contributed by atoms with Gasteiger partial charge in [0.1, 0.15) is 18.2 Å². The van der Waals surface area contributed by atoms with Crippen LogP contribution < -0.4 is 10.1 Å². The number of benzene rings is 1. The number of carbonyl (C=O) groups excluding carboxylic acids is 1. The molecule has 5 nitrogen and oxygen atoms in total. The summed E-state index contributed by atoms with van der Waals surface area (Å²) in [6, 6.07) is 10.3. The lowest BCUT2D eigenvalue weighted by Gasteiger charge is -2.23. The van der Waals surface area contributed by atoms with Gasteiger partial charge >= 0.3 is 0 Å². The number of nitrogens with zero attached hydrogens (tertiary/aromatic N) is 2. The van der Waals surface area contributed by atoms with Gasteiger partial charge in [0.15, 0.2) is 0 Å². The van der Waals surface area contributed by atoms with Gasteiger partial charge in [-0.3, -0.25) is 9.69 Å². The van der Waals surface area contributed by atoms with Crippen LogP contribution >= 0.6 is 23.2 Å². The normalized spacial score (nSPS) is 12.0. The molecule has 128 valence electrons. The van der Waals surface area contributed by atoms with Crippen LogP contribution in [0.3, 0.4) is 0 Å². The number of rotatable bonds is 7. The van der Waals surface area contributed by atoms with Gasteiger partial charge in [-0.2, -0.15) is 0 Å². The second-order valence-electron chi connectivity index (χ2n) is 5.29. The lowest BCUT2D eigenvalue weighted by atomic mass is 10.2. The van der Waals surface area contributed by atoms with Crippen molar-refractivity contribution < 1.29 is 9.53 Å². The van der Waals surface area contributed by atoms with Crippen molar-refractivity contribution in [1.29, 1.82) is 0 Å². The van der Waals surface area contributed by atoms with Gasteiger partial charge in [-0.25, -0.2) is 4.98 Å². The quantitative estimate of drug-likeness (QED) is 0.809. The number of halogens is 2. The minimum Gasteiger partial charge on any atom is -0.491 e. The third-order valence-electron chi connectivity index (χ3n) is 3.56. The number of para-hydroxylation sites is 1. The SMILES string of the molecule is C[C@@H](C(=O)Nc1ccc(Cl)cn1)N(C)CCOc1ccccc1Cl. The van der Waals surface area contributed by atoms with E-state index in [2.05, 4.69) is 10.3 Å². The van der Waals surface area contributed by atoms with Crippen molar-refractivity contribution in [2.75, 3.05) is 25.5 Å². The summed E-state index contributed by atoms with van der Waals surface area (Å²) in [5.74, 6) is 0.956. The van der Waals surface area contributed by atoms with Gasteiger partial charge in [0.2, 0.25) is 5.91 Å². The van der Waals surface area contributed by atoms with Crippen LogP contribution in [0.25, 0.3) is 0 Å². The van der Waals surface area contributed by atoms with Crippen molar-refractivity contribution >= 4 is 34.9 Å². The number of anilines is 1. The first kappa shape index (κ1) is 18.5. The van der Waals surface area contributed by atoms with Crippen molar-refractivity contribution in [2.24, 2.45) is 0 Å². The molecule has 0 fully saturated rings. The third-order valence-corrected chi connectivity index (χ3v) is 4.09. The van der Waals surface area contributed by atoms with Gasteiger partial charge < -0.3 is 10.1 Å². The number of nitrogens with one attached hydrogen (secondary N) is 1. The second kappa shape index (κ2) is 8.87. The predicted molar refractivity (Wildman–Crippen MR) is 96.9 cm³/mol. The number of hydrogen-bond acceptors (Lipinski definition) is 4. The minimum atomic E-state index is -0.336. The van der Waals surface area contributed by atoms with E-state index in [0.29, 0.717) is 34.8 Å². The van der Waals surface area contributed by atoms with E-state index in [1.807, 2.05) is 37.1 Å². The van der Waals surface area contributed by atoms with Crippen LogP contribution in [0, 0.1) is 0 Å². The Morgan fingerprint density at radius 3 is 2.71 bits per heavy atom. The molecule has 0 aliphatic rings. The maximum absolute atomic E-state index is 12.2. The highest BCUT2D eigenvalue weighted by atomic mass is 35.5. The number of aromatic nitrogens is 1. The van der Waals surface area contributed by atoms with Crippen LogP contribution in [-0.2, 0) is 4.79 Å². The molecule has 1 heterocycles. The maximum Gasteiger partial charge on any atom is 0.242 e. The minimum absolute atomic E-state index is 0.148. The lowest BCUT2D eigenvalue weighted by molar-refractivity contribution is -0.120. The summed E-state index contributed by atoms with van der Waals surface area (Å²) in [5.41, 5.74) is 0. The lowest BCUT2D eigenvalue weighted by Crippen LogP contribution is -2.41. The molecule has 1 N–H and O–H groups in total. The number of pyridine rings is 1. The zero-order valence-corrected chi connectivity index (χ0v) is 15.0. The van der Waals surface area contributed by atoms with E-state index in [4.69, 9.17) is 27.9 Å². The van der Waals surface area contributed by atoms with E-state index in [1.54, 1.807) is 18.2 Å². The Kier molecular flexibility index (Phi) is 6.85. The van der Waals surface area contributed by atoms with Crippen LogP contribution in [0.5, 0.6) is 5.75 Å². The standard InChI is InChI=1S/C17H19Cl2N3O2/c1-12(17(23)21-16-8-7-13(18)11-20-16)22(2)9-10-24-15-6-4-3-5-14(15)19/h3-8,11-12H,9-10H2,1-2H3,(H,20,21,23)/t12-/m0/s1. The summed E-state index contributed by atoms with van der Waals surface area (Å²) in [7, 11) is 1.86. The molecule has 7 heteroatoms. The molecule has 0 radical (unpaired) electrons. The summed E-state index contributed by atoms with van der Waals surface area (Å²) in [4.78, 5) is 18.2. The molecule has 1 amide bonds. The fourth-order valence-electron chi connectivity index (χ4n) is 1.94. The van der Waals surface area contributed by atoms with Gasteiger partial charge in [0.05, 0.1) is 16.1 Å². The van der Waals surface area contributed by atoms with Crippen LogP contribution in [0.4, 0.5) is 5.82 Å². The van der Waals surface area contributed by atoms with E-state index >= 15 is 0 Å². The molecule has 0 saturated heterocycles. The molecule has 0 bridgehead atoms. The number of amides is 1. The van der Waals surface area contributed by atoms with Gasteiger partial charge in [-0.05, 0) is 38.2 Å². The number of likely N-dealkylation sites (N-methyl/N-ethyl adjacent to an activating group) is 1. The molecular weight excluding hydrogens is 349 g/mol.